The zero-order chi connectivity index (χ0) is 21.5. The molecule has 1 aromatic heterocycles. The number of alkyl halides is 2. The van der Waals surface area contributed by atoms with Gasteiger partial charge in [-0.1, -0.05) is 12.1 Å². The number of likely N-dealkylation sites (tertiary alicyclic amines) is 1. The van der Waals surface area contributed by atoms with Crippen LogP contribution in [0.1, 0.15) is 24.6 Å². The summed E-state index contributed by atoms with van der Waals surface area (Å²) >= 11 is 0. The van der Waals surface area contributed by atoms with E-state index in [4.69, 9.17) is 10.5 Å². The van der Waals surface area contributed by atoms with E-state index in [1.807, 2.05) is 4.90 Å². The number of rotatable bonds is 5. The molecule has 2 aliphatic heterocycles. The van der Waals surface area contributed by atoms with Gasteiger partial charge in [-0.25, -0.2) is 9.18 Å². The predicted octanol–water partition coefficient (Wildman–Crippen LogP) is 1.57. The van der Waals surface area contributed by atoms with Gasteiger partial charge in [0.15, 0.2) is 0 Å². The normalized spacial score (nSPS) is 28.8. The summed E-state index contributed by atoms with van der Waals surface area (Å²) in [5.74, 6) is -4.07. The summed E-state index contributed by atoms with van der Waals surface area (Å²) in [6.45, 7) is 0.772. The zero-order valence-electron chi connectivity index (χ0n) is 16.1. The van der Waals surface area contributed by atoms with Crippen LogP contribution in [0.25, 0.3) is 0 Å². The second-order valence-corrected chi connectivity index (χ2v) is 7.81. The number of hydrogen-bond donors (Lipinski definition) is 2. The summed E-state index contributed by atoms with van der Waals surface area (Å²) in [5.41, 5.74) is 5.39. The van der Waals surface area contributed by atoms with Crippen LogP contribution in [-0.4, -0.2) is 56.8 Å². The highest BCUT2D eigenvalue weighted by molar-refractivity contribution is 5.24. The number of halogens is 3. The number of nitrogens with zero attached hydrogens (tertiary/aromatic N) is 3. The molecule has 0 aliphatic carbocycles. The molecule has 4 rings (SSSR count). The maximum absolute atomic E-state index is 14.7. The van der Waals surface area contributed by atoms with E-state index in [9.17, 15) is 23.1 Å². The molecule has 0 saturated carbocycles. The Morgan fingerprint density at radius 2 is 2.00 bits per heavy atom. The van der Waals surface area contributed by atoms with Crippen LogP contribution < -0.4 is 11.4 Å². The van der Waals surface area contributed by atoms with Crippen molar-refractivity contribution in [3.63, 3.8) is 0 Å². The minimum Gasteiger partial charge on any atom is -0.384 e. The van der Waals surface area contributed by atoms with Crippen molar-refractivity contribution in [2.75, 3.05) is 18.8 Å². The monoisotopic (exact) mass is 424 g/mol. The lowest BCUT2D eigenvalue weighted by atomic mass is 10.0. The fourth-order valence-corrected chi connectivity index (χ4v) is 4.21. The quantitative estimate of drug-likeness (QED) is 0.757. The summed E-state index contributed by atoms with van der Waals surface area (Å²) < 4.78 is 48.7. The van der Waals surface area contributed by atoms with Crippen molar-refractivity contribution in [2.45, 2.75) is 49.7 Å². The van der Waals surface area contributed by atoms with E-state index in [-0.39, 0.29) is 24.2 Å². The summed E-state index contributed by atoms with van der Waals surface area (Å²) in [7, 11) is 0. The van der Waals surface area contributed by atoms with Crippen molar-refractivity contribution >= 4 is 5.82 Å². The molecule has 2 saturated heterocycles. The van der Waals surface area contributed by atoms with Gasteiger partial charge >= 0.3 is 11.6 Å². The van der Waals surface area contributed by atoms with Crippen molar-refractivity contribution in [3.8, 4) is 0 Å². The van der Waals surface area contributed by atoms with E-state index in [0.717, 1.165) is 24.6 Å². The molecule has 1 aromatic carbocycles. The Balaban J connectivity index is 1.48. The molecule has 3 N–H and O–H groups in total. The molecule has 10 heteroatoms. The number of nitrogen functional groups attached to an aromatic ring is 1. The van der Waals surface area contributed by atoms with E-state index in [1.165, 1.54) is 18.2 Å². The number of nitrogens with two attached hydrogens (primary N) is 1. The van der Waals surface area contributed by atoms with Crippen molar-refractivity contribution < 1.29 is 23.0 Å². The number of aliphatic hydroxyl groups excluding tert-OH is 1. The Hall–Kier alpha value is -2.43. The number of aliphatic hydroxyl groups is 1. The first-order chi connectivity index (χ1) is 14.3. The van der Waals surface area contributed by atoms with Crippen molar-refractivity contribution in [3.05, 3.63) is 58.4 Å². The van der Waals surface area contributed by atoms with Gasteiger partial charge in [0.1, 0.15) is 23.8 Å². The lowest BCUT2D eigenvalue weighted by Crippen LogP contribution is -2.45. The largest absolute Gasteiger partial charge is 0.384 e. The number of anilines is 1. The molecule has 0 bridgehead atoms. The number of ether oxygens (including phenoxy) is 1. The lowest BCUT2D eigenvalue weighted by molar-refractivity contribution is -0.140. The van der Waals surface area contributed by atoms with Crippen LogP contribution in [0, 0.1) is 5.82 Å². The number of aromatic nitrogens is 2. The number of benzene rings is 1. The minimum atomic E-state index is -3.67. The minimum absolute atomic E-state index is 0.0693. The molecular formula is C20H23F3N4O3. The highest BCUT2D eigenvalue weighted by Crippen LogP contribution is 2.42. The summed E-state index contributed by atoms with van der Waals surface area (Å²) in [4.78, 5) is 17.4. The zero-order valence-corrected chi connectivity index (χ0v) is 16.1. The van der Waals surface area contributed by atoms with Gasteiger partial charge in [0, 0.05) is 18.8 Å². The molecule has 0 amide bonds. The van der Waals surface area contributed by atoms with Crippen LogP contribution in [0.15, 0.2) is 41.3 Å². The van der Waals surface area contributed by atoms with Crippen LogP contribution in [-0.2, 0) is 11.2 Å². The third-order valence-electron chi connectivity index (χ3n) is 5.78. The number of hydrogen-bond acceptors (Lipinski definition) is 6. The molecule has 2 aliphatic rings. The van der Waals surface area contributed by atoms with Gasteiger partial charge < -0.3 is 15.6 Å². The average Bonchev–Trinajstić information content (AvgIpc) is 3.21. The second kappa shape index (κ2) is 8.01. The molecule has 1 unspecified atom stereocenters. The molecule has 162 valence electrons. The molecule has 7 nitrogen and oxygen atoms in total. The van der Waals surface area contributed by atoms with E-state index in [0.29, 0.717) is 17.5 Å². The first-order valence-corrected chi connectivity index (χ1v) is 9.80. The van der Waals surface area contributed by atoms with Crippen molar-refractivity contribution in [1.29, 1.82) is 0 Å². The van der Waals surface area contributed by atoms with E-state index in [1.54, 1.807) is 12.1 Å². The average molecular weight is 424 g/mol. The van der Waals surface area contributed by atoms with Crippen LogP contribution >= 0.6 is 0 Å². The van der Waals surface area contributed by atoms with Gasteiger partial charge in [-0.2, -0.15) is 13.8 Å². The predicted molar refractivity (Wildman–Crippen MR) is 102 cm³/mol. The molecule has 0 radical (unpaired) electrons. The smallest absolute Gasteiger partial charge is 0.351 e. The van der Waals surface area contributed by atoms with Crippen LogP contribution in [0.5, 0.6) is 0 Å². The molecule has 2 fully saturated rings. The first-order valence-electron chi connectivity index (χ1n) is 9.80. The first kappa shape index (κ1) is 20.8. The Kier molecular flexibility index (Phi) is 5.56. The van der Waals surface area contributed by atoms with Crippen LogP contribution in [0.3, 0.4) is 0 Å². The fraction of sp³-hybridized carbons (Fsp3) is 0.500. The van der Waals surface area contributed by atoms with E-state index < -0.39 is 30.0 Å². The second-order valence-electron chi connectivity index (χ2n) is 7.81. The third-order valence-corrected chi connectivity index (χ3v) is 5.78. The van der Waals surface area contributed by atoms with Crippen molar-refractivity contribution in [2.24, 2.45) is 0 Å². The fourth-order valence-electron chi connectivity index (χ4n) is 4.21. The SMILES string of the molecule is Nc1ccn([C@@H]2O[C@H](CN3CCCC3Cc3ccc(F)cc3)[C@@H](O)C2(F)F)c(=O)n1. The van der Waals surface area contributed by atoms with Gasteiger partial charge in [-0.05, 0) is 49.6 Å². The Morgan fingerprint density at radius 1 is 1.27 bits per heavy atom. The van der Waals surface area contributed by atoms with Gasteiger partial charge in [-0.3, -0.25) is 9.47 Å². The highest BCUT2D eigenvalue weighted by atomic mass is 19.3. The van der Waals surface area contributed by atoms with Gasteiger partial charge in [-0.15, -0.1) is 0 Å². The topological polar surface area (TPSA) is 93.6 Å². The van der Waals surface area contributed by atoms with Crippen molar-refractivity contribution in [1.82, 2.24) is 14.5 Å². The summed E-state index contributed by atoms with van der Waals surface area (Å²) in [6, 6.07) is 7.48. The Morgan fingerprint density at radius 3 is 2.70 bits per heavy atom. The van der Waals surface area contributed by atoms with Gasteiger partial charge in [0.2, 0.25) is 6.23 Å². The Bertz CT molecular complexity index is 953. The van der Waals surface area contributed by atoms with Crippen LogP contribution in [0.2, 0.25) is 0 Å². The van der Waals surface area contributed by atoms with Gasteiger partial charge in [0.05, 0.1) is 0 Å². The lowest BCUT2D eigenvalue weighted by Gasteiger charge is -2.28. The Labute approximate surface area is 170 Å². The molecule has 30 heavy (non-hydrogen) atoms. The summed E-state index contributed by atoms with van der Waals surface area (Å²) in [6.07, 6.45) is -1.73. The highest BCUT2D eigenvalue weighted by Gasteiger charge is 2.60. The van der Waals surface area contributed by atoms with E-state index >= 15 is 0 Å². The van der Waals surface area contributed by atoms with E-state index in [2.05, 4.69) is 4.98 Å². The molecule has 2 aromatic rings. The summed E-state index contributed by atoms with van der Waals surface area (Å²) in [5, 5.41) is 10.3. The maximum Gasteiger partial charge on any atom is 0.351 e. The maximum atomic E-state index is 14.7. The molecule has 4 atom stereocenters. The molecule has 0 spiro atoms. The van der Waals surface area contributed by atoms with Gasteiger partial charge in [0.25, 0.3) is 0 Å². The molecular weight excluding hydrogens is 401 g/mol. The standard InChI is InChI=1S/C20H23F3N4O3/c21-13-5-3-12(4-6-13)10-14-2-1-8-26(14)11-15-17(28)20(22,23)18(30-15)27-9-7-16(24)25-19(27)29/h3-7,9,14-15,17-18,28H,1-2,8,10-11H2,(H2,24,25,29)/t14?,15-,17-,18-/m1/s1. The third kappa shape index (κ3) is 3.94. The molecule has 3 heterocycles. The van der Waals surface area contributed by atoms with Crippen LogP contribution in [0.4, 0.5) is 19.0 Å².